The van der Waals surface area contributed by atoms with E-state index in [-0.39, 0.29) is 119 Å². The van der Waals surface area contributed by atoms with Crippen LogP contribution < -0.4 is 0 Å². The van der Waals surface area contributed by atoms with Crippen LogP contribution in [0, 0.1) is 0 Å². The first-order valence-electron chi connectivity index (χ1n) is 9.34. The predicted molar refractivity (Wildman–Crippen MR) is 136 cm³/mol. The van der Waals surface area contributed by atoms with Crippen molar-refractivity contribution in [1.82, 2.24) is 0 Å². The van der Waals surface area contributed by atoms with Gasteiger partial charge in [-0.1, -0.05) is 86.0 Å². The van der Waals surface area contributed by atoms with E-state index in [1.807, 2.05) is 36.4 Å². The van der Waals surface area contributed by atoms with E-state index >= 15 is 0 Å². The Kier molecular flexibility index (Phi) is 13.6. The molecule has 4 aromatic carbocycles. The molecule has 0 N–H and O–H groups in total. The number of fused-ring (bicyclic) bond motifs is 2. The second-order valence-corrected chi connectivity index (χ2v) is 9.47. The van der Waals surface area contributed by atoms with E-state index < -0.39 is 20.2 Å². The van der Waals surface area contributed by atoms with Crippen molar-refractivity contribution in [2.75, 3.05) is 0 Å². The fraction of sp³-hybridized carbons (Fsp3) is 0. The fourth-order valence-corrected chi connectivity index (χ4v) is 5.08. The van der Waals surface area contributed by atoms with Crippen LogP contribution in [0.3, 0.4) is 0 Å². The number of hydrogen-bond acceptors (Lipinski definition) is 6. The molecule has 0 spiro atoms. The van der Waals surface area contributed by atoms with Crippen molar-refractivity contribution < 1.29 is 25.2 Å². The average molecular weight is 593 g/mol. The maximum atomic E-state index is 11.8. The smallest absolute Gasteiger partial charge is 0.339 e. The van der Waals surface area contributed by atoms with E-state index in [9.17, 15) is 16.8 Å². The van der Waals surface area contributed by atoms with Crippen LogP contribution in [0.15, 0.2) is 120 Å². The summed E-state index contributed by atoms with van der Waals surface area (Å²) in [5, 5.41) is 3.01. The Hall–Kier alpha value is -0.178. The van der Waals surface area contributed by atoms with Gasteiger partial charge in [0.1, 0.15) is 9.79 Å². The van der Waals surface area contributed by atoms with Crippen LogP contribution in [-0.2, 0) is 28.6 Å². The van der Waals surface area contributed by atoms with Crippen LogP contribution >= 0.6 is 0 Å². The molecule has 6 nitrogen and oxygen atoms in total. The molecule has 0 saturated heterocycles. The average Bonchev–Trinajstić information content (AvgIpc) is 2.78. The summed E-state index contributed by atoms with van der Waals surface area (Å²) in [6.45, 7) is 6.50. The Morgan fingerprint density at radius 1 is 0.559 bits per heavy atom. The summed E-state index contributed by atoms with van der Waals surface area (Å²) < 4.78 is 56.1. The van der Waals surface area contributed by atoms with Gasteiger partial charge in [0.05, 0.1) is 12.5 Å². The van der Waals surface area contributed by atoms with Crippen LogP contribution in [-0.4, -0.2) is 126 Å². The van der Waals surface area contributed by atoms with Crippen LogP contribution in [0.2, 0.25) is 0 Å². The minimum atomic E-state index is -3.75. The van der Waals surface area contributed by atoms with Crippen LogP contribution in [0.4, 0.5) is 0 Å². The standard InChI is InChI=1S/2C12H10O3S.K.Rb/c2*1-2-15-16(13,14)12-9-5-7-10-6-3-4-8-11(10)12;;/h2*2-9H,1H2;;. The van der Waals surface area contributed by atoms with Gasteiger partial charge >= 0.3 is 20.2 Å². The third kappa shape index (κ3) is 7.91. The van der Waals surface area contributed by atoms with Crippen molar-refractivity contribution in [3.8, 4) is 0 Å². The maximum Gasteiger partial charge on any atom is 0.339 e. The Morgan fingerprint density at radius 2 is 0.882 bits per heavy atom. The summed E-state index contributed by atoms with van der Waals surface area (Å²) in [6, 6.07) is 24.6. The largest absolute Gasteiger partial charge is 0.388 e. The topological polar surface area (TPSA) is 86.7 Å². The Bertz CT molecular complexity index is 1380. The summed E-state index contributed by atoms with van der Waals surface area (Å²) in [5.41, 5.74) is 0. The van der Waals surface area contributed by atoms with Gasteiger partial charge in [0, 0.05) is 120 Å². The number of hydrogen-bond donors (Lipinski definition) is 0. The summed E-state index contributed by atoms with van der Waals surface area (Å²) in [5.74, 6) is 0. The summed E-state index contributed by atoms with van der Waals surface area (Å²) in [4.78, 5) is 0.316. The molecule has 34 heavy (non-hydrogen) atoms. The molecule has 4 rings (SSSR count). The van der Waals surface area contributed by atoms with Crippen molar-refractivity contribution in [1.29, 1.82) is 0 Å². The Labute approximate surface area is 291 Å². The van der Waals surface area contributed by atoms with E-state index in [2.05, 4.69) is 21.5 Å². The van der Waals surface area contributed by atoms with E-state index in [0.29, 0.717) is 10.8 Å². The van der Waals surface area contributed by atoms with E-state index in [1.165, 1.54) is 12.1 Å². The van der Waals surface area contributed by atoms with Crippen LogP contribution in [0.5, 0.6) is 0 Å². The van der Waals surface area contributed by atoms with Crippen LogP contribution in [0.25, 0.3) is 21.5 Å². The van der Waals surface area contributed by atoms with Crippen molar-refractivity contribution in [3.05, 3.63) is 111 Å². The van der Waals surface area contributed by atoms with E-state index in [1.54, 1.807) is 36.4 Å². The van der Waals surface area contributed by atoms with E-state index in [0.717, 1.165) is 23.3 Å². The minimum absolute atomic E-state index is 0. The van der Waals surface area contributed by atoms with Gasteiger partial charge in [-0.05, 0) is 22.9 Å². The van der Waals surface area contributed by atoms with Crippen molar-refractivity contribution >= 4 is 151 Å². The first kappa shape index (κ1) is 31.9. The zero-order valence-corrected chi connectivity index (χ0v) is 28.6. The van der Waals surface area contributed by atoms with Gasteiger partial charge in [-0.3, -0.25) is 0 Å². The molecule has 0 unspecified atom stereocenters. The van der Waals surface area contributed by atoms with Gasteiger partial charge in [-0.25, -0.2) is 0 Å². The molecule has 4 aromatic rings. The van der Waals surface area contributed by atoms with Gasteiger partial charge in [-0.2, -0.15) is 16.8 Å². The fourth-order valence-electron chi connectivity index (χ4n) is 3.11. The monoisotopic (exact) mass is 592 g/mol. The summed E-state index contributed by atoms with van der Waals surface area (Å²) in [6.07, 6.45) is 1.83. The second-order valence-electron chi connectivity index (χ2n) is 6.39. The van der Waals surface area contributed by atoms with Gasteiger partial charge in [0.15, 0.2) is 0 Å². The van der Waals surface area contributed by atoms with Crippen LogP contribution in [0.1, 0.15) is 0 Å². The van der Waals surface area contributed by atoms with Crippen molar-refractivity contribution in [2.24, 2.45) is 0 Å². The SMILES string of the molecule is C=COS(=O)(=O)c1cccc2ccccc12.C=COS(=O)(=O)c1cccc2ccccc12.[K].[Rb]. The summed E-state index contributed by atoms with van der Waals surface area (Å²) >= 11 is 0. The van der Waals surface area contributed by atoms with E-state index in [4.69, 9.17) is 0 Å². The molecule has 0 aromatic heterocycles. The molecular weight excluding hydrogens is 573 g/mol. The Morgan fingerprint density at radius 3 is 1.24 bits per heavy atom. The minimum Gasteiger partial charge on any atom is -0.388 e. The third-order valence-electron chi connectivity index (χ3n) is 4.43. The first-order chi connectivity index (χ1) is 15.3. The third-order valence-corrected chi connectivity index (χ3v) is 7.00. The first-order valence-corrected chi connectivity index (χ1v) is 12.2. The van der Waals surface area contributed by atoms with Gasteiger partial charge in [-0.15, -0.1) is 0 Å². The van der Waals surface area contributed by atoms with Crippen molar-refractivity contribution in [2.45, 2.75) is 9.79 Å². The predicted octanol–water partition coefficient (Wildman–Crippen LogP) is 4.62. The van der Waals surface area contributed by atoms with Gasteiger partial charge in [0.2, 0.25) is 0 Å². The molecule has 0 aliphatic rings. The molecule has 10 heteroatoms. The molecule has 0 fully saturated rings. The normalized spacial score (nSPS) is 10.6. The molecule has 0 amide bonds. The molecule has 0 saturated carbocycles. The Balaban J connectivity index is 0.000000321. The second kappa shape index (κ2) is 14.5. The number of benzene rings is 4. The molecule has 0 heterocycles. The molecule has 166 valence electrons. The quantitative estimate of drug-likeness (QED) is 0.185. The summed E-state index contributed by atoms with van der Waals surface area (Å²) in [7, 11) is -7.51. The zero-order valence-electron chi connectivity index (χ0n) is 18.9. The number of rotatable bonds is 6. The zero-order chi connectivity index (χ0) is 23.2. The molecular formula is C24H20KO6RbS2. The maximum absolute atomic E-state index is 11.8. The molecule has 0 aliphatic heterocycles. The van der Waals surface area contributed by atoms with Gasteiger partial charge in [0.25, 0.3) is 0 Å². The van der Waals surface area contributed by atoms with Crippen molar-refractivity contribution in [3.63, 3.8) is 0 Å². The molecule has 0 atom stereocenters. The molecule has 2 radical (unpaired) electrons. The molecule has 0 aliphatic carbocycles. The van der Waals surface area contributed by atoms with Gasteiger partial charge < -0.3 is 8.37 Å². The molecule has 0 bridgehead atoms.